The number of nitrogens with zero attached hydrogens (tertiary/aromatic N) is 4. The maximum Gasteiger partial charge on any atom is 0.323 e. The number of carbonyl (C=O) groups excluding carboxylic acids is 1. The Balaban J connectivity index is 1.50. The highest BCUT2D eigenvalue weighted by molar-refractivity contribution is 7.99. The van der Waals surface area contributed by atoms with E-state index in [1.54, 1.807) is 28.4 Å². The number of anilines is 2. The van der Waals surface area contributed by atoms with Gasteiger partial charge in [0.15, 0.2) is 0 Å². The van der Waals surface area contributed by atoms with Gasteiger partial charge in [-0.1, -0.05) is 42.4 Å². The SMILES string of the molecule is CCc1c(C)nc2ncnn2c1Sc1ccc(NC(=O)Nc2ccccc2Cl)cc1. The third-order valence-corrected chi connectivity index (χ3v) is 5.94. The van der Waals surface area contributed by atoms with Crippen LogP contribution in [0.2, 0.25) is 5.02 Å². The first-order valence-corrected chi connectivity index (χ1v) is 10.5. The predicted octanol–water partition coefficient (Wildman–Crippen LogP) is 5.44. The monoisotopic (exact) mass is 438 g/mol. The maximum absolute atomic E-state index is 12.2. The summed E-state index contributed by atoms with van der Waals surface area (Å²) in [6.07, 6.45) is 2.36. The van der Waals surface area contributed by atoms with Crippen molar-refractivity contribution in [3.05, 3.63) is 71.1 Å². The van der Waals surface area contributed by atoms with E-state index in [-0.39, 0.29) is 6.03 Å². The van der Waals surface area contributed by atoms with Crippen LogP contribution in [-0.4, -0.2) is 25.6 Å². The van der Waals surface area contributed by atoms with Crippen molar-refractivity contribution in [1.82, 2.24) is 19.6 Å². The van der Waals surface area contributed by atoms with Crippen LogP contribution in [0.15, 0.2) is 64.8 Å². The number of aromatic nitrogens is 4. The van der Waals surface area contributed by atoms with E-state index >= 15 is 0 Å². The highest BCUT2D eigenvalue weighted by Crippen LogP contribution is 2.32. The summed E-state index contributed by atoms with van der Waals surface area (Å²) in [6.45, 7) is 4.09. The summed E-state index contributed by atoms with van der Waals surface area (Å²) >= 11 is 7.67. The normalized spacial score (nSPS) is 10.9. The lowest BCUT2D eigenvalue weighted by Gasteiger charge is -2.12. The van der Waals surface area contributed by atoms with Gasteiger partial charge in [0, 0.05) is 21.8 Å². The fourth-order valence-electron chi connectivity index (χ4n) is 3.03. The van der Waals surface area contributed by atoms with Gasteiger partial charge in [0.05, 0.1) is 10.7 Å². The van der Waals surface area contributed by atoms with E-state index in [9.17, 15) is 4.79 Å². The van der Waals surface area contributed by atoms with Crippen LogP contribution in [-0.2, 0) is 6.42 Å². The minimum atomic E-state index is -0.356. The molecule has 0 radical (unpaired) electrons. The quantitative estimate of drug-likeness (QED) is 0.405. The van der Waals surface area contributed by atoms with Crippen LogP contribution in [0.3, 0.4) is 0 Å². The molecule has 30 heavy (non-hydrogen) atoms. The van der Waals surface area contributed by atoms with Crippen molar-refractivity contribution in [3.63, 3.8) is 0 Å². The Hall–Kier alpha value is -3.10. The number of hydrogen-bond acceptors (Lipinski definition) is 5. The van der Waals surface area contributed by atoms with Gasteiger partial charge in [0.2, 0.25) is 0 Å². The van der Waals surface area contributed by atoms with Crippen molar-refractivity contribution >= 4 is 46.5 Å². The molecule has 4 rings (SSSR count). The van der Waals surface area contributed by atoms with E-state index in [1.165, 1.54) is 6.33 Å². The summed E-state index contributed by atoms with van der Waals surface area (Å²) in [7, 11) is 0. The van der Waals surface area contributed by atoms with Crippen molar-refractivity contribution < 1.29 is 4.79 Å². The number of fused-ring (bicyclic) bond motifs is 1. The molecule has 0 aliphatic carbocycles. The molecular weight excluding hydrogens is 420 g/mol. The zero-order valence-electron chi connectivity index (χ0n) is 16.4. The Bertz CT molecular complexity index is 1210. The molecule has 2 amide bonds. The number of rotatable bonds is 5. The van der Waals surface area contributed by atoms with Crippen LogP contribution in [0.5, 0.6) is 0 Å². The zero-order chi connectivity index (χ0) is 21.1. The average Bonchev–Trinajstić information content (AvgIpc) is 3.19. The minimum absolute atomic E-state index is 0.356. The van der Waals surface area contributed by atoms with Crippen molar-refractivity contribution in [3.8, 4) is 0 Å². The fourth-order valence-corrected chi connectivity index (χ4v) is 4.34. The van der Waals surface area contributed by atoms with Crippen molar-refractivity contribution in [1.29, 1.82) is 0 Å². The first kappa shape index (κ1) is 20.2. The lowest BCUT2D eigenvalue weighted by Crippen LogP contribution is -2.19. The molecule has 2 aromatic carbocycles. The third kappa shape index (κ3) is 4.24. The first-order chi connectivity index (χ1) is 14.5. The molecule has 2 aromatic heterocycles. The van der Waals surface area contributed by atoms with Crippen LogP contribution in [0.1, 0.15) is 18.2 Å². The Morgan fingerprint density at radius 3 is 2.63 bits per heavy atom. The molecule has 0 bridgehead atoms. The summed E-state index contributed by atoms with van der Waals surface area (Å²) in [4.78, 5) is 22.0. The second-order valence-corrected chi connectivity index (χ2v) is 7.96. The number of aryl methyl sites for hydroxylation is 1. The Kier molecular flexibility index (Phi) is 5.87. The van der Waals surface area contributed by atoms with Gasteiger partial charge in [-0.25, -0.2) is 9.78 Å². The summed E-state index contributed by atoms with van der Waals surface area (Å²) in [5, 5.41) is 11.3. The topological polar surface area (TPSA) is 84.2 Å². The summed E-state index contributed by atoms with van der Waals surface area (Å²) in [5.41, 5.74) is 3.33. The lowest BCUT2D eigenvalue weighted by atomic mass is 10.2. The highest BCUT2D eigenvalue weighted by Gasteiger charge is 2.14. The van der Waals surface area contributed by atoms with Gasteiger partial charge in [-0.3, -0.25) is 0 Å². The summed E-state index contributed by atoms with van der Waals surface area (Å²) in [6, 6.07) is 14.3. The number of hydrogen-bond donors (Lipinski definition) is 2. The van der Waals surface area contributed by atoms with Gasteiger partial charge < -0.3 is 10.6 Å². The van der Waals surface area contributed by atoms with E-state index in [0.717, 1.165) is 27.6 Å². The van der Waals surface area contributed by atoms with Gasteiger partial charge in [0.25, 0.3) is 5.78 Å². The van der Waals surface area contributed by atoms with Gasteiger partial charge in [-0.05, 0) is 49.7 Å². The Labute approximate surface area is 182 Å². The molecule has 0 aliphatic heterocycles. The van der Waals surface area contributed by atoms with Gasteiger partial charge >= 0.3 is 6.03 Å². The maximum atomic E-state index is 12.2. The molecule has 0 saturated heterocycles. The van der Waals surface area contributed by atoms with Crippen LogP contribution in [0.4, 0.5) is 16.2 Å². The number of nitrogens with one attached hydrogen (secondary N) is 2. The Morgan fingerprint density at radius 1 is 1.13 bits per heavy atom. The van der Waals surface area contributed by atoms with E-state index in [4.69, 9.17) is 11.6 Å². The van der Waals surface area contributed by atoms with Gasteiger partial charge in [0.1, 0.15) is 11.4 Å². The minimum Gasteiger partial charge on any atom is -0.308 e. The number of halogens is 1. The number of para-hydroxylation sites is 1. The third-order valence-electron chi connectivity index (χ3n) is 4.49. The van der Waals surface area contributed by atoms with Crippen molar-refractivity contribution in [2.45, 2.75) is 30.2 Å². The molecule has 2 heterocycles. The summed E-state index contributed by atoms with van der Waals surface area (Å²) in [5.74, 6) is 0.585. The molecule has 152 valence electrons. The highest BCUT2D eigenvalue weighted by atomic mass is 35.5. The number of carbonyl (C=O) groups is 1. The first-order valence-electron chi connectivity index (χ1n) is 9.35. The average molecular weight is 439 g/mol. The van der Waals surface area contributed by atoms with Crippen molar-refractivity contribution in [2.24, 2.45) is 0 Å². The predicted molar refractivity (Wildman–Crippen MR) is 120 cm³/mol. The second kappa shape index (κ2) is 8.73. The molecule has 4 aromatic rings. The molecule has 2 N–H and O–H groups in total. The van der Waals surface area contributed by atoms with Gasteiger partial charge in [-0.15, -0.1) is 0 Å². The van der Waals surface area contributed by atoms with E-state index < -0.39 is 0 Å². The van der Waals surface area contributed by atoms with Crippen LogP contribution >= 0.6 is 23.4 Å². The molecule has 9 heteroatoms. The second-order valence-electron chi connectivity index (χ2n) is 6.49. The van der Waals surface area contributed by atoms with Gasteiger partial charge in [-0.2, -0.15) is 14.6 Å². The zero-order valence-corrected chi connectivity index (χ0v) is 18.0. The Morgan fingerprint density at radius 2 is 1.90 bits per heavy atom. The van der Waals surface area contributed by atoms with E-state index in [2.05, 4.69) is 32.6 Å². The molecule has 0 saturated carbocycles. The molecule has 0 unspecified atom stereocenters. The molecule has 0 fully saturated rings. The molecule has 7 nitrogen and oxygen atoms in total. The largest absolute Gasteiger partial charge is 0.323 e. The number of urea groups is 1. The number of amides is 2. The molecule has 0 spiro atoms. The molecule has 0 aliphatic rings. The van der Waals surface area contributed by atoms with E-state index in [0.29, 0.717) is 22.2 Å². The smallest absolute Gasteiger partial charge is 0.308 e. The molecular formula is C21H19ClN6OS. The summed E-state index contributed by atoms with van der Waals surface area (Å²) < 4.78 is 1.76. The van der Waals surface area contributed by atoms with E-state index in [1.807, 2.05) is 43.3 Å². The van der Waals surface area contributed by atoms with Crippen LogP contribution in [0.25, 0.3) is 5.78 Å². The fraction of sp³-hybridized carbons (Fsp3) is 0.143. The number of benzene rings is 2. The molecule has 0 atom stereocenters. The van der Waals surface area contributed by atoms with Crippen LogP contribution < -0.4 is 10.6 Å². The van der Waals surface area contributed by atoms with Crippen LogP contribution in [0, 0.1) is 6.92 Å². The van der Waals surface area contributed by atoms with Crippen molar-refractivity contribution in [2.75, 3.05) is 10.6 Å². The lowest BCUT2D eigenvalue weighted by molar-refractivity contribution is 0.262. The standard InChI is InChI=1S/C21H19ClN6OS/c1-3-16-13(2)25-20-23-12-24-28(20)19(16)30-15-10-8-14(9-11-15)26-21(29)27-18-7-5-4-6-17(18)22/h4-12H,3H2,1-2H3,(H2,26,27,29).